The minimum absolute atomic E-state index is 0.229. The molecule has 0 unspecified atom stereocenters. The molecule has 4 nitrogen and oxygen atoms in total. The molecule has 1 amide bonds. The molecule has 1 aromatic heterocycles. The van der Waals surface area contributed by atoms with Crippen LogP contribution in [0, 0.1) is 12.7 Å². The van der Waals surface area contributed by atoms with Crippen LogP contribution in [0.4, 0.5) is 15.9 Å². The number of halogens is 2. The largest absolute Gasteiger partial charge is 0.348 e. The number of rotatable bonds is 5. The second-order valence-corrected chi connectivity index (χ2v) is 6.26. The van der Waals surface area contributed by atoms with Gasteiger partial charge in [0.15, 0.2) is 0 Å². The molecule has 0 fully saturated rings. The molecule has 0 saturated heterocycles. The van der Waals surface area contributed by atoms with Crippen molar-refractivity contribution < 1.29 is 9.18 Å². The lowest BCUT2D eigenvalue weighted by Gasteiger charge is -2.10. The Kier molecular flexibility index (Phi) is 5.49. The van der Waals surface area contributed by atoms with Crippen LogP contribution < -0.4 is 10.6 Å². The Morgan fingerprint density at radius 2 is 1.88 bits per heavy atom. The molecule has 0 aliphatic carbocycles. The molecule has 0 aliphatic heterocycles. The van der Waals surface area contributed by atoms with Crippen molar-refractivity contribution in [3.8, 4) is 0 Å². The molecule has 2 N–H and O–H groups in total. The van der Waals surface area contributed by atoms with Gasteiger partial charge in [-0.05, 0) is 60.5 Å². The molecular weight excluding hydrogens is 353 g/mol. The molecule has 0 spiro atoms. The molecule has 0 aliphatic rings. The molecule has 2 aromatic carbocycles. The number of aryl methyl sites for hydroxylation is 1. The summed E-state index contributed by atoms with van der Waals surface area (Å²) >= 11 is 5.96. The van der Waals surface area contributed by atoms with E-state index in [-0.39, 0.29) is 11.7 Å². The van der Waals surface area contributed by atoms with Gasteiger partial charge in [-0.15, -0.1) is 0 Å². The summed E-state index contributed by atoms with van der Waals surface area (Å²) in [6, 6.07) is 14.8. The number of pyridine rings is 1. The van der Waals surface area contributed by atoms with Crippen LogP contribution in [0.15, 0.2) is 60.8 Å². The summed E-state index contributed by atoms with van der Waals surface area (Å²) in [5, 5.41) is 6.66. The first-order valence-corrected chi connectivity index (χ1v) is 8.41. The molecule has 0 bridgehead atoms. The van der Waals surface area contributed by atoms with Crippen molar-refractivity contribution >= 4 is 29.0 Å². The number of carbonyl (C=O) groups excluding carboxylic acids is 1. The highest BCUT2D eigenvalue weighted by Gasteiger charge is 2.08. The van der Waals surface area contributed by atoms with Crippen LogP contribution in [0.25, 0.3) is 0 Å². The van der Waals surface area contributed by atoms with Crippen LogP contribution in [0.2, 0.25) is 5.02 Å². The third kappa shape index (κ3) is 4.58. The van der Waals surface area contributed by atoms with Crippen LogP contribution in [-0.2, 0) is 6.54 Å². The molecule has 132 valence electrons. The monoisotopic (exact) mass is 369 g/mol. The van der Waals surface area contributed by atoms with Crippen LogP contribution in [0.1, 0.15) is 21.5 Å². The van der Waals surface area contributed by atoms with E-state index < -0.39 is 0 Å². The number of aromatic nitrogens is 1. The second kappa shape index (κ2) is 7.97. The molecular formula is C20H17ClFN3O. The highest BCUT2D eigenvalue weighted by molar-refractivity contribution is 6.30. The first-order chi connectivity index (χ1) is 12.5. The highest BCUT2D eigenvalue weighted by atomic mass is 35.5. The van der Waals surface area contributed by atoms with Crippen molar-refractivity contribution in [2.75, 3.05) is 5.32 Å². The molecule has 3 aromatic rings. The molecule has 0 atom stereocenters. The summed E-state index contributed by atoms with van der Waals surface area (Å²) in [5.74, 6) is 0.0277. The Labute approximate surface area is 156 Å². The number of anilines is 2. The lowest BCUT2D eigenvalue weighted by atomic mass is 10.2. The van der Waals surface area contributed by atoms with Crippen LogP contribution in [0.3, 0.4) is 0 Å². The predicted molar refractivity (Wildman–Crippen MR) is 101 cm³/mol. The first-order valence-electron chi connectivity index (χ1n) is 8.03. The number of benzene rings is 2. The fourth-order valence-corrected chi connectivity index (χ4v) is 2.66. The third-order valence-electron chi connectivity index (χ3n) is 3.84. The summed E-state index contributed by atoms with van der Waals surface area (Å²) in [6.45, 7) is 2.26. The normalized spacial score (nSPS) is 10.4. The summed E-state index contributed by atoms with van der Waals surface area (Å²) in [4.78, 5) is 16.6. The van der Waals surface area contributed by atoms with Crippen LogP contribution >= 0.6 is 11.6 Å². The van der Waals surface area contributed by atoms with Crippen LogP contribution in [-0.4, -0.2) is 10.9 Å². The number of nitrogens with zero attached hydrogens (tertiary/aromatic N) is 1. The Hall–Kier alpha value is -2.92. The highest BCUT2D eigenvalue weighted by Crippen LogP contribution is 2.23. The Morgan fingerprint density at radius 1 is 1.12 bits per heavy atom. The van der Waals surface area contributed by atoms with Gasteiger partial charge in [0, 0.05) is 29.0 Å². The minimum atomic E-state index is -0.303. The van der Waals surface area contributed by atoms with Crippen LogP contribution in [0.5, 0.6) is 0 Å². The van der Waals surface area contributed by atoms with E-state index >= 15 is 0 Å². The van der Waals surface area contributed by atoms with Gasteiger partial charge in [0.1, 0.15) is 11.6 Å². The average Bonchev–Trinajstić information content (AvgIpc) is 2.63. The zero-order valence-electron chi connectivity index (χ0n) is 14.1. The average molecular weight is 370 g/mol. The lowest BCUT2D eigenvalue weighted by molar-refractivity contribution is 0.0951. The van der Waals surface area contributed by atoms with Gasteiger partial charge in [-0.25, -0.2) is 9.37 Å². The van der Waals surface area contributed by atoms with E-state index in [1.165, 1.54) is 12.1 Å². The van der Waals surface area contributed by atoms with Crippen molar-refractivity contribution in [3.63, 3.8) is 0 Å². The maximum Gasteiger partial charge on any atom is 0.251 e. The number of hydrogen-bond donors (Lipinski definition) is 2. The van der Waals surface area contributed by atoms with Gasteiger partial charge in [0.25, 0.3) is 5.91 Å². The molecule has 26 heavy (non-hydrogen) atoms. The van der Waals surface area contributed by atoms with Gasteiger partial charge in [0.2, 0.25) is 0 Å². The summed E-state index contributed by atoms with van der Waals surface area (Å²) in [6.07, 6.45) is 1.57. The predicted octanol–water partition coefficient (Wildman–Crippen LogP) is 4.86. The van der Waals surface area contributed by atoms with E-state index in [9.17, 15) is 9.18 Å². The van der Waals surface area contributed by atoms with Gasteiger partial charge in [0.05, 0.1) is 0 Å². The topological polar surface area (TPSA) is 54.0 Å². The molecule has 1 heterocycles. The van der Waals surface area contributed by atoms with Gasteiger partial charge in [-0.1, -0.05) is 23.7 Å². The van der Waals surface area contributed by atoms with E-state index in [0.29, 0.717) is 22.9 Å². The van der Waals surface area contributed by atoms with Crippen molar-refractivity contribution in [1.82, 2.24) is 10.3 Å². The Morgan fingerprint density at radius 3 is 2.62 bits per heavy atom. The quantitative estimate of drug-likeness (QED) is 0.675. The number of nitrogens with one attached hydrogen (secondary N) is 2. The van der Waals surface area contributed by atoms with Crippen molar-refractivity contribution in [1.29, 1.82) is 0 Å². The zero-order valence-corrected chi connectivity index (χ0v) is 14.8. The van der Waals surface area contributed by atoms with Gasteiger partial charge < -0.3 is 10.6 Å². The number of hydrogen-bond acceptors (Lipinski definition) is 3. The standard InChI is InChI=1S/C20H17ClFN3O/c1-13-10-16(21)4-7-18(13)25-19-11-15(8-9-23-19)20(26)24-12-14-2-5-17(22)6-3-14/h2-11H,12H2,1H3,(H,23,25)(H,24,26). The van der Waals surface area contributed by atoms with Gasteiger partial charge in [-0.2, -0.15) is 0 Å². The smallest absolute Gasteiger partial charge is 0.251 e. The number of carbonyl (C=O) groups is 1. The maximum absolute atomic E-state index is 12.9. The fraction of sp³-hybridized carbons (Fsp3) is 0.100. The van der Waals surface area contributed by atoms with E-state index in [1.807, 2.05) is 19.1 Å². The van der Waals surface area contributed by atoms with E-state index in [1.54, 1.807) is 36.5 Å². The SMILES string of the molecule is Cc1cc(Cl)ccc1Nc1cc(C(=O)NCc2ccc(F)cc2)ccn1. The van der Waals surface area contributed by atoms with Crippen molar-refractivity contribution in [2.45, 2.75) is 13.5 Å². The first kappa shape index (κ1) is 17.9. The molecule has 0 saturated carbocycles. The van der Waals surface area contributed by atoms with Gasteiger partial charge >= 0.3 is 0 Å². The van der Waals surface area contributed by atoms with E-state index in [0.717, 1.165) is 16.8 Å². The maximum atomic E-state index is 12.9. The number of amides is 1. The van der Waals surface area contributed by atoms with Crippen molar-refractivity contribution in [3.05, 3.63) is 88.3 Å². The minimum Gasteiger partial charge on any atom is -0.348 e. The molecule has 6 heteroatoms. The zero-order chi connectivity index (χ0) is 18.5. The third-order valence-corrected chi connectivity index (χ3v) is 4.07. The second-order valence-electron chi connectivity index (χ2n) is 5.82. The summed E-state index contributed by atoms with van der Waals surface area (Å²) in [7, 11) is 0. The van der Waals surface area contributed by atoms with E-state index in [2.05, 4.69) is 15.6 Å². The van der Waals surface area contributed by atoms with Gasteiger partial charge in [-0.3, -0.25) is 4.79 Å². The Bertz CT molecular complexity index is 929. The molecule has 3 rings (SSSR count). The summed E-state index contributed by atoms with van der Waals surface area (Å²) < 4.78 is 12.9. The van der Waals surface area contributed by atoms with E-state index in [4.69, 9.17) is 11.6 Å². The van der Waals surface area contributed by atoms with Crippen molar-refractivity contribution in [2.24, 2.45) is 0 Å². The Balaban J connectivity index is 1.68. The fourth-order valence-electron chi connectivity index (χ4n) is 2.43. The summed E-state index contributed by atoms with van der Waals surface area (Å²) in [5.41, 5.74) is 3.15. The molecule has 0 radical (unpaired) electrons. The lowest BCUT2D eigenvalue weighted by Crippen LogP contribution is -2.22.